The third kappa shape index (κ3) is 3.64. The lowest BCUT2D eigenvalue weighted by Crippen LogP contribution is -2.24. The van der Waals surface area contributed by atoms with Crippen LogP contribution in [0.3, 0.4) is 0 Å². The summed E-state index contributed by atoms with van der Waals surface area (Å²) in [6.07, 6.45) is 1.74. The average molecular weight is 311 g/mol. The summed E-state index contributed by atoms with van der Waals surface area (Å²) in [5.74, 6) is -0.266. The summed E-state index contributed by atoms with van der Waals surface area (Å²) in [4.78, 5) is 0. The number of H-pyrrole nitrogens is 1. The van der Waals surface area contributed by atoms with Crippen LogP contribution >= 0.6 is 0 Å². The smallest absolute Gasteiger partial charge is 0.123 e. The van der Waals surface area contributed by atoms with Crippen LogP contribution in [0.4, 0.5) is 4.39 Å². The van der Waals surface area contributed by atoms with Crippen molar-refractivity contribution in [3.05, 3.63) is 77.7 Å². The largest absolute Gasteiger partial charge is 0.394 e. The molecule has 3 N–H and O–H groups in total. The van der Waals surface area contributed by atoms with Crippen molar-refractivity contribution in [2.75, 3.05) is 6.61 Å². The third-order valence-corrected chi connectivity index (χ3v) is 3.77. The Labute approximate surface area is 134 Å². The van der Waals surface area contributed by atoms with E-state index in [0.717, 1.165) is 22.4 Å². The molecule has 0 saturated heterocycles. The highest BCUT2D eigenvalue weighted by Crippen LogP contribution is 2.22. The molecule has 23 heavy (non-hydrogen) atoms. The predicted molar refractivity (Wildman–Crippen MR) is 87.1 cm³/mol. The van der Waals surface area contributed by atoms with Crippen LogP contribution in [0.1, 0.15) is 17.2 Å². The van der Waals surface area contributed by atoms with Gasteiger partial charge in [-0.1, -0.05) is 30.3 Å². The molecule has 0 aliphatic rings. The molecule has 0 fully saturated rings. The van der Waals surface area contributed by atoms with Gasteiger partial charge in [0.2, 0.25) is 0 Å². The molecule has 0 bridgehead atoms. The topological polar surface area (TPSA) is 60.9 Å². The second-order valence-corrected chi connectivity index (χ2v) is 5.30. The number of hydrogen-bond donors (Lipinski definition) is 3. The molecule has 0 radical (unpaired) electrons. The van der Waals surface area contributed by atoms with Crippen molar-refractivity contribution in [2.24, 2.45) is 0 Å². The van der Waals surface area contributed by atoms with Crippen LogP contribution in [-0.4, -0.2) is 21.9 Å². The first-order chi connectivity index (χ1) is 11.3. The monoisotopic (exact) mass is 311 g/mol. The maximum Gasteiger partial charge on any atom is 0.123 e. The Morgan fingerprint density at radius 3 is 2.52 bits per heavy atom. The lowest BCUT2D eigenvalue weighted by molar-refractivity contribution is 0.243. The van der Waals surface area contributed by atoms with Crippen LogP contribution < -0.4 is 5.32 Å². The normalized spacial score (nSPS) is 12.3. The number of hydrogen-bond acceptors (Lipinski definition) is 3. The van der Waals surface area contributed by atoms with Gasteiger partial charge >= 0.3 is 0 Å². The van der Waals surface area contributed by atoms with Gasteiger partial charge in [0, 0.05) is 17.7 Å². The van der Waals surface area contributed by atoms with Gasteiger partial charge in [0.05, 0.1) is 24.5 Å². The van der Waals surface area contributed by atoms with Gasteiger partial charge in [-0.05, 0) is 29.8 Å². The van der Waals surface area contributed by atoms with Crippen molar-refractivity contribution in [1.82, 2.24) is 15.5 Å². The third-order valence-electron chi connectivity index (χ3n) is 3.77. The Kier molecular flexibility index (Phi) is 4.80. The minimum Gasteiger partial charge on any atom is -0.394 e. The zero-order chi connectivity index (χ0) is 16.1. The van der Waals surface area contributed by atoms with Crippen molar-refractivity contribution in [3.63, 3.8) is 0 Å². The number of nitrogens with zero attached hydrogens (tertiary/aromatic N) is 1. The maximum atomic E-state index is 13.1. The molecule has 3 aromatic rings. The van der Waals surface area contributed by atoms with Gasteiger partial charge in [0.1, 0.15) is 5.82 Å². The van der Waals surface area contributed by atoms with Crippen molar-refractivity contribution in [3.8, 4) is 11.3 Å². The summed E-state index contributed by atoms with van der Waals surface area (Å²) in [6, 6.07) is 15.9. The Hall–Kier alpha value is -2.50. The molecule has 3 rings (SSSR count). The Morgan fingerprint density at radius 1 is 1.09 bits per heavy atom. The number of aliphatic hydroxyl groups is 1. The van der Waals surface area contributed by atoms with E-state index >= 15 is 0 Å². The summed E-state index contributed by atoms with van der Waals surface area (Å²) in [7, 11) is 0. The van der Waals surface area contributed by atoms with Gasteiger partial charge in [-0.15, -0.1) is 0 Å². The number of aliphatic hydroxyl groups excluding tert-OH is 1. The summed E-state index contributed by atoms with van der Waals surface area (Å²) in [6.45, 7) is 0.553. The van der Waals surface area contributed by atoms with Gasteiger partial charge in [-0.2, -0.15) is 5.10 Å². The van der Waals surface area contributed by atoms with E-state index in [1.165, 1.54) is 12.1 Å². The molecule has 0 amide bonds. The van der Waals surface area contributed by atoms with E-state index in [0.29, 0.717) is 6.54 Å². The molecule has 0 aliphatic heterocycles. The quantitative estimate of drug-likeness (QED) is 0.656. The highest BCUT2D eigenvalue weighted by molar-refractivity contribution is 5.62. The van der Waals surface area contributed by atoms with E-state index in [4.69, 9.17) is 0 Å². The van der Waals surface area contributed by atoms with E-state index in [1.807, 2.05) is 30.3 Å². The lowest BCUT2D eigenvalue weighted by Gasteiger charge is -2.16. The van der Waals surface area contributed by atoms with E-state index in [9.17, 15) is 9.50 Å². The second kappa shape index (κ2) is 7.17. The zero-order valence-electron chi connectivity index (χ0n) is 12.5. The fraction of sp³-hybridized carbons (Fsp3) is 0.167. The number of rotatable bonds is 6. The van der Waals surface area contributed by atoms with E-state index in [2.05, 4.69) is 15.5 Å². The van der Waals surface area contributed by atoms with Crippen LogP contribution in [0.25, 0.3) is 11.3 Å². The van der Waals surface area contributed by atoms with Crippen LogP contribution in [-0.2, 0) is 6.54 Å². The minimum atomic E-state index is -0.266. The summed E-state index contributed by atoms with van der Waals surface area (Å²) in [5.41, 5.74) is 3.72. The first-order valence-electron chi connectivity index (χ1n) is 7.45. The van der Waals surface area contributed by atoms with Gasteiger partial charge in [0.15, 0.2) is 0 Å². The number of aromatic nitrogens is 2. The molecule has 118 valence electrons. The second-order valence-electron chi connectivity index (χ2n) is 5.30. The summed E-state index contributed by atoms with van der Waals surface area (Å²) < 4.78 is 13.1. The van der Waals surface area contributed by atoms with Crippen LogP contribution in [0.5, 0.6) is 0 Å². The maximum absolute atomic E-state index is 13.1. The van der Waals surface area contributed by atoms with Crippen LogP contribution in [0, 0.1) is 5.82 Å². The van der Waals surface area contributed by atoms with Gasteiger partial charge in [0.25, 0.3) is 0 Å². The number of nitrogens with one attached hydrogen (secondary N) is 2. The van der Waals surface area contributed by atoms with Crippen molar-refractivity contribution >= 4 is 0 Å². The first-order valence-corrected chi connectivity index (χ1v) is 7.45. The minimum absolute atomic E-state index is 0.00768. The predicted octanol–water partition coefficient (Wildman–Crippen LogP) is 3.04. The highest BCUT2D eigenvalue weighted by Gasteiger charge is 2.12. The van der Waals surface area contributed by atoms with Gasteiger partial charge < -0.3 is 10.4 Å². The van der Waals surface area contributed by atoms with E-state index < -0.39 is 0 Å². The Bertz CT molecular complexity index is 740. The van der Waals surface area contributed by atoms with Gasteiger partial charge in [-0.3, -0.25) is 5.10 Å². The standard InChI is InChI=1S/C18H18FN3O/c19-16-8-6-14(7-9-16)18-15(11-21-22-18)10-20-17(12-23)13-4-2-1-3-5-13/h1-9,11,17,20,23H,10,12H2,(H,21,22)/t17-/m0/s1. The molecular weight excluding hydrogens is 293 g/mol. The average Bonchev–Trinajstić information content (AvgIpc) is 3.06. The molecule has 0 aliphatic carbocycles. The summed E-state index contributed by atoms with van der Waals surface area (Å²) >= 11 is 0. The van der Waals surface area contributed by atoms with Crippen molar-refractivity contribution in [2.45, 2.75) is 12.6 Å². The summed E-state index contributed by atoms with van der Waals surface area (Å²) in [5, 5.41) is 19.9. The number of halogens is 1. The van der Waals surface area contributed by atoms with Crippen molar-refractivity contribution in [1.29, 1.82) is 0 Å². The molecule has 5 heteroatoms. The van der Waals surface area contributed by atoms with Crippen LogP contribution in [0.2, 0.25) is 0 Å². The number of aromatic amines is 1. The molecule has 1 heterocycles. The Morgan fingerprint density at radius 2 is 1.83 bits per heavy atom. The van der Waals surface area contributed by atoms with E-state index in [1.54, 1.807) is 18.3 Å². The fourth-order valence-corrected chi connectivity index (χ4v) is 2.52. The number of benzene rings is 2. The molecule has 4 nitrogen and oxygen atoms in total. The molecule has 0 unspecified atom stereocenters. The molecule has 2 aromatic carbocycles. The van der Waals surface area contributed by atoms with Crippen molar-refractivity contribution < 1.29 is 9.50 Å². The Balaban J connectivity index is 1.74. The fourth-order valence-electron chi connectivity index (χ4n) is 2.52. The molecule has 1 aromatic heterocycles. The SMILES string of the molecule is OC[C@H](NCc1cn[nH]c1-c1ccc(F)cc1)c1ccccc1. The lowest BCUT2D eigenvalue weighted by atomic mass is 10.1. The van der Waals surface area contributed by atoms with Crippen LogP contribution in [0.15, 0.2) is 60.8 Å². The molecule has 1 atom stereocenters. The molecular formula is C18H18FN3O. The molecule has 0 saturated carbocycles. The highest BCUT2D eigenvalue weighted by atomic mass is 19.1. The first kappa shape index (κ1) is 15.4. The molecule has 0 spiro atoms. The zero-order valence-corrected chi connectivity index (χ0v) is 12.5. The van der Waals surface area contributed by atoms with Gasteiger partial charge in [-0.25, -0.2) is 4.39 Å². The van der Waals surface area contributed by atoms with E-state index in [-0.39, 0.29) is 18.5 Å².